The first-order valence-corrected chi connectivity index (χ1v) is 6.96. The number of ether oxygens (including phenoxy) is 1. The number of hydrogen-bond donors (Lipinski definition) is 1. The Hall–Kier alpha value is -1.66. The zero-order chi connectivity index (χ0) is 14.4. The van der Waals surface area contributed by atoms with Gasteiger partial charge in [-0.3, -0.25) is 15.0 Å². The Kier molecular flexibility index (Phi) is 5.31. The lowest BCUT2D eigenvalue weighted by Gasteiger charge is -2.19. The van der Waals surface area contributed by atoms with Crippen molar-refractivity contribution in [2.45, 2.75) is 13.3 Å². The fourth-order valence-corrected chi connectivity index (χ4v) is 2.33. The number of rotatable bonds is 5. The molecule has 0 bridgehead atoms. The van der Waals surface area contributed by atoms with Crippen molar-refractivity contribution >= 4 is 11.4 Å². The van der Waals surface area contributed by atoms with E-state index in [-0.39, 0.29) is 10.6 Å². The van der Waals surface area contributed by atoms with Crippen LogP contribution in [0.25, 0.3) is 0 Å². The number of aryl methyl sites for hydroxylation is 1. The van der Waals surface area contributed by atoms with Crippen molar-refractivity contribution in [2.75, 3.05) is 44.7 Å². The predicted molar refractivity (Wildman–Crippen MR) is 78.2 cm³/mol. The zero-order valence-corrected chi connectivity index (χ0v) is 11.8. The zero-order valence-electron chi connectivity index (χ0n) is 11.8. The molecular weight excluding hydrogens is 258 g/mol. The summed E-state index contributed by atoms with van der Waals surface area (Å²) in [6.45, 7) is 7.37. The van der Waals surface area contributed by atoms with Gasteiger partial charge in [-0.25, -0.2) is 0 Å². The van der Waals surface area contributed by atoms with Gasteiger partial charge in [0.05, 0.1) is 11.5 Å². The van der Waals surface area contributed by atoms with Crippen LogP contribution in [0.2, 0.25) is 0 Å². The lowest BCUT2D eigenvalue weighted by Crippen LogP contribution is -2.31. The fraction of sp³-hybridized carbons (Fsp3) is 0.571. The number of anilines is 1. The van der Waals surface area contributed by atoms with E-state index in [9.17, 15) is 10.1 Å². The second-order valence-electron chi connectivity index (χ2n) is 4.99. The number of nitrogens with one attached hydrogen (secondary N) is 1. The predicted octanol–water partition coefficient (Wildman–Crippen LogP) is 2.04. The maximum absolute atomic E-state index is 10.7. The van der Waals surface area contributed by atoms with Crippen LogP contribution in [-0.2, 0) is 4.74 Å². The van der Waals surface area contributed by atoms with E-state index < -0.39 is 0 Å². The van der Waals surface area contributed by atoms with Gasteiger partial charge in [-0.1, -0.05) is 0 Å². The molecule has 1 N–H and O–H groups in total. The van der Waals surface area contributed by atoms with Crippen molar-refractivity contribution in [1.82, 2.24) is 4.90 Å². The summed E-state index contributed by atoms with van der Waals surface area (Å²) in [4.78, 5) is 12.7. The minimum atomic E-state index is -0.367. The molecule has 0 atom stereocenters. The van der Waals surface area contributed by atoms with E-state index in [2.05, 4.69) is 10.2 Å². The Labute approximate surface area is 118 Å². The van der Waals surface area contributed by atoms with Gasteiger partial charge in [0.2, 0.25) is 0 Å². The number of hydrogen-bond acceptors (Lipinski definition) is 5. The number of non-ortho nitro benzene ring substituents is 1. The Balaban J connectivity index is 1.83. The molecule has 20 heavy (non-hydrogen) atoms. The van der Waals surface area contributed by atoms with Gasteiger partial charge in [-0.05, 0) is 25.0 Å². The molecule has 0 saturated carbocycles. The molecule has 0 spiro atoms. The third-order valence-electron chi connectivity index (χ3n) is 3.48. The van der Waals surface area contributed by atoms with E-state index in [0.717, 1.165) is 57.1 Å². The summed E-state index contributed by atoms with van der Waals surface area (Å²) in [5.74, 6) is 0. The highest BCUT2D eigenvalue weighted by atomic mass is 16.6. The van der Waals surface area contributed by atoms with Crippen LogP contribution in [0.4, 0.5) is 11.4 Å². The van der Waals surface area contributed by atoms with Gasteiger partial charge in [0.15, 0.2) is 0 Å². The lowest BCUT2D eigenvalue weighted by atomic mass is 10.2. The molecule has 0 unspecified atom stereocenters. The van der Waals surface area contributed by atoms with Crippen LogP contribution in [0.5, 0.6) is 0 Å². The first-order chi connectivity index (χ1) is 9.66. The third kappa shape index (κ3) is 4.18. The molecule has 1 aliphatic rings. The summed E-state index contributed by atoms with van der Waals surface area (Å²) < 4.78 is 5.42. The summed E-state index contributed by atoms with van der Waals surface area (Å²) in [5, 5.41) is 14.0. The maximum Gasteiger partial charge on any atom is 0.269 e. The molecule has 110 valence electrons. The Morgan fingerprint density at radius 2 is 2.25 bits per heavy atom. The number of nitro benzene ring substituents is 1. The molecule has 0 aromatic heterocycles. The second-order valence-corrected chi connectivity index (χ2v) is 4.99. The van der Waals surface area contributed by atoms with E-state index in [1.165, 1.54) is 6.07 Å². The minimum absolute atomic E-state index is 0.137. The molecule has 1 heterocycles. The maximum atomic E-state index is 10.7. The van der Waals surface area contributed by atoms with Crippen molar-refractivity contribution in [3.05, 3.63) is 33.9 Å². The standard InChI is InChI=1S/C14H21N3O3/c1-12-11-13(17(18)19)3-4-14(12)15-5-7-16-6-2-9-20-10-8-16/h3-4,11,15H,2,5-10H2,1H3. The van der Waals surface area contributed by atoms with Gasteiger partial charge >= 0.3 is 0 Å². The average Bonchev–Trinajstić information content (AvgIpc) is 2.69. The SMILES string of the molecule is Cc1cc([N+](=O)[O-])ccc1NCCN1CCCOCC1. The molecule has 6 heteroatoms. The van der Waals surface area contributed by atoms with Gasteiger partial charge in [-0.15, -0.1) is 0 Å². The van der Waals surface area contributed by atoms with Crippen LogP contribution in [0, 0.1) is 17.0 Å². The molecule has 1 aliphatic heterocycles. The van der Waals surface area contributed by atoms with Crippen LogP contribution < -0.4 is 5.32 Å². The largest absolute Gasteiger partial charge is 0.384 e. The summed E-state index contributed by atoms with van der Waals surface area (Å²) in [6, 6.07) is 4.91. The van der Waals surface area contributed by atoms with Gasteiger partial charge in [0.1, 0.15) is 0 Å². The first kappa shape index (κ1) is 14.7. The van der Waals surface area contributed by atoms with Crippen molar-refractivity contribution < 1.29 is 9.66 Å². The molecule has 0 amide bonds. The molecule has 0 aliphatic carbocycles. The average molecular weight is 279 g/mol. The van der Waals surface area contributed by atoms with Crippen LogP contribution in [0.15, 0.2) is 18.2 Å². The Morgan fingerprint density at radius 1 is 1.40 bits per heavy atom. The molecular formula is C14H21N3O3. The van der Waals surface area contributed by atoms with E-state index in [0.29, 0.717) is 0 Å². The van der Waals surface area contributed by atoms with E-state index >= 15 is 0 Å². The van der Waals surface area contributed by atoms with Gasteiger partial charge in [0.25, 0.3) is 5.69 Å². The summed E-state index contributed by atoms with van der Waals surface area (Å²) in [7, 11) is 0. The quantitative estimate of drug-likeness (QED) is 0.660. The molecule has 1 saturated heterocycles. The highest BCUT2D eigenvalue weighted by molar-refractivity contribution is 5.55. The summed E-state index contributed by atoms with van der Waals surface area (Å²) in [5.41, 5.74) is 2.00. The van der Waals surface area contributed by atoms with Crippen molar-refractivity contribution in [1.29, 1.82) is 0 Å². The first-order valence-electron chi connectivity index (χ1n) is 6.96. The van der Waals surface area contributed by atoms with Crippen LogP contribution in [0.1, 0.15) is 12.0 Å². The summed E-state index contributed by atoms with van der Waals surface area (Å²) in [6.07, 6.45) is 1.08. The van der Waals surface area contributed by atoms with E-state index in [1.54, 1.807) is 12.1 Å². The van der Waals surface area contributed by atoms with Gasteiger partial charge in [0, 0.05) is 50.6 Å². The van der Waals surface area contributed by atoms with E-state index in [1.807, 2.05) is 6.92 Å². The number of nitrogens with zero attached hydrogens (tertiary/aromatic N) is 2. The molecule has 6 nitrogen and oxygen atoms in total. The topological polar surface area (TPSA) is 67.6 Å². The third-order valence-corrected chi connectivity index (χ3v) is 3.48. The van der Waals surface area contributed by atoms with Crippen molar-refractivity contribution in [3.63, 3.8) is 0 Å². The monoisotopic (exact) mass is 279 g/mol. The smallest absolute Gasteiger partial charge is 0.269 e. The minimum Gasteiger partial charge on any atom is -0.384 e. The summed E-state index contributed by atoms with van der Waals surface area (Å²) >= 11 is 0. The normalized spacial score (nSPS) is 16.6. The van der Waals surface area contributed by atoms with Gasteiger partial charge in [-0.2, -0.15) is 0 Å². The fourth-order valence-electron chi connectivity index (χ4n) is 2.33. The number of nitro groups is 1. The van der Waals surface area contributed by atoms with Crippen LogP contribution in [-0.4, -0.2) is 49.2 Å². The molecule has 1 fully saturated rings. The van der Waals surface area contributed by atoms with Crippen LogP contribution >= 0.6 is 0 Å². The lowest BCUT2D eigenvalue weighted by molar-refractivity contribution is -0.384. The van der Waals surface area contributed by atoms with E-state index in [4.69, 9.17) is 4.74 Å². The molecule has 1 aromatic rings. The highest BCUT2D eigenvalue weighted by Gasteiger charge is 2.10. The Morgan fingerprint density at radius 3 is 3.00 bits per heavy atom. The Bertz CT molecular complexity index is 457. The van der Waals surface area contributed by atoms with Crippen molar-refractivity contribution in [2.24, 2.45) is 0 Å². The molecule has 2 rings (SSSR count). The number of benzene rings is 1. The highest BCUT2D eigenvalue weighted by Crippen LogP contribution is 2.20. The van der Waals surface area contributed by atoms with Crippen molar-refractivity contribution in [3.8, 4) is 0 Å². The molecule has 1 aromatic carbocycles. The molecule has 0 radical (unpaired) electrons. The van der Waals surface area contributed by atoms with Crippen LogP contribution in [0.3, 0.4) is 0 Å². The second kappa shape index (κ2) is 7.21. The van der Waals surface area contributed by atoms with Gasteiger partial charge < -0.3 is 10.1 Å².